The van der Waals surface area contributed by atoms with Gasteiger partial charge < -0.3 is 20.0 Å². The molecule has 1 unspecified atom stereocenters. The van der Waals surface area contributed by atoms with Gasteiger partial charge in [-0.3, -0.25) is 4.57 Å². The smallest absolute Gasteiger partial charge is 0.350 e. The number of aromatic hydroxyl groups is 1. The van der Waals surface area contributed by atoms with E-state index in [1.165, 1.54) is 15.6 Å². The van der Waals surface area contributed by atoms with Crippen LogP contribution in [0.4, 0.5) is 11.4 Å². The number of benzene rings is 2. The second-order valence-corrected chi connectivity index (χ2v) is 9.37. The number of aliphatic hydroxyl groups is 1. The number of anilines is 2. The summed E-state index contributed by atoms with van der Waals surface area (Å²) in [6, 6.07) is 15.2. The molecule has 3 aromatic rings. The third-order valence-corrected chi connectivity index (χ3v) is 6.06. The van der Waals surface area contributed by atoms with Gasteiger partial charge in [0.25, 0.3) is 0 Å². The van der Waals surface area contributed by atoms with Gasteiger partial charge in [0.15, 0.2) is 0 Å². The summed E-state index contributed by atoms with van der Waals surface area (Å²) in [7, 11) is 0. The number of aromatic nitrogens is 3. The van der Waals surface area contributed by atoms with Gasteiger partial charge in [0.2, 0.25) is 0 Å². The van der Waals surface area contributed by atoms with Gasteiger partial charge in [-0.25, -0.2) is 4.79 Å². The SMILES string of the molecule is CC(C)(C)C(O)Cn1cnn(-c2ccc(N3CCN(c4ccc(O)cc4)CC3)cc2)c1=O. The molecule has 0 radical (unpaired) electrons. The summed E-state index contributed by atoms with van der Waals surface area (Å²) in [6.45, 7) is 9.60. The molecule has 1 fully saturated rings. The van der Waals surface area contributed by atoms with Crippen molar-refractivity contribution in [1.29, 1.82) is 0 Å². The topological polar surface area (TPSA) is 86.8 Å². The summed E-state index contributed by atoms with van der Waals surface area (Å²) >= 11 is 0. The molecule has 0 amide bonds. The molecule has 2 N–H and O–H groups in total. The lowest BCUT2D eigenvalue weighted by Crippen LogP contribution is -2.46. The van der Waals surface area contributed by atoms with E-state index in [1.54, 1.807) is 12.1 Å². The van der Waals surface area contributed by atoms with Crippen LogP contribution < -0.4 is 15.5 Å². The molecule has 1 aliphatic rings. The molecule has 0 aliphatic carbocycles. The predicted octanol–water partition coefficient (Wildman–Crippen LogP) is 2.47. The van der Waals surface area contributed by atoms with Gasteiger partial charge in [0.1, 0.15) is 12.1 Å². The van der Waals surface area contributed by atoms with E-state index in [9.17, 15) is 15.0 Å². The van der Waals surface area contributed by atoms with Gasteiger partial charge in [-0.05, 0) is 53.9 Å². The average molecular weight is 438 g/mol. The van der Waals surface area contributed by atoms with E-state index in [1.807, 2.05) is 57.2 Å². The van der Waals surface area contributed by atoms with Gasteiger partial charge >= 0.3 is 5.69 Å². The van der Waals surface area contributed by atoms with Crippen LogP contribution in [0, 0.1) is 5.41 Å². The van der Waals surface area contributed by atoms with Crippen LogP contribution in [0.25, 0.3) is 5.69 Å². The second-order valence-electron chi connectivity index (χ2n) is 9.37. The molecular weight excluding hydrogens is 406 g/mol. The molecular formula is C24H31N5O3. The van der Waals surface area contributed by atoms with Crippen LogP contribution in [0.1, 0.15) is 20.8 Å². The summed E-state index contributed by atoms with van der Waals surface area (Å²) in [5, 5.41) is 24.0. The standard InChI is InChI=1S/C24H31N5O3/c1-24(2,3)22(31)16-28-17-25-29(23(28)32)20-6-4-18(5-7-20)26-12-14-27(15-13-26)19-8-10-21(30)11-9-19/h4-11,17,22,30-31H,12-16H2,1-3H3. The molecule has 2 heterocycles. The van der Waals surface area contributed by atoms with Gasteiger partial charge in [-0.15, -0.1) is 0 Å². The van der Waals surface area contributed by atoms with Gasteiger partial charge in [-0.2, -0.15) is 9.78 Å². The monoisotopic (exact) mass is 437 g/mol. The van der Waals surface area contributed by atoms with Gasteiger partial charge in [0.05, 0.1) is 18.3 Å². The number of phenols is 1. The fraction of sp³-hybridized carbons (Fsp3) is 0.417. The van der Waals surface area contributed by atoms with E-state index in [4.69, 9.17) is 0 Å². The van der Waals surface area contributed by atoms with Crippen molar-refractivity contribution < 1.29 is 10.2 Å². The summed E-state index contributed by atoms with van der Waals surface area (Å²) in [4.78, 5) is 17.4. The Hall–Kier alpha value is -3.26. The molecule has 1 aliphatic heterocycles. The van der Waals surface area contributed by atoms with Crippen molar-refractivity contribution in [2.75, 3.05) is 36.0 Å². The molecule has 0 saturated carbocycles. The quantitative estimate of drug-likeness (QED) is 0.638. The highest BCUT2D eigenvalue weighted by Crippen LogP contribution is 2.23. The first-order valence-corrected chi connectivity index (χ1v) is 10.9. The summed E-state index contributed by atoms with van der Waals surface area (Å²) < 4.78 is 2.81. The van der Waals surface area contributed by atoms with Crippen LogP contribution in [0.3, 0.4) is 0 Å². The predicted molar refractivity (Wildman–Crippen MR) is 126 cm³/mol. The first-order valence-electron chi connectivity index (χ1n) is 10.9. The first-order chi connectivity index (χ1) is 15.2. The minimum atomic E-state index is -0.638. The van der Waals surface area contributed by atoms with Crippen LogP contribution in [0.5, 0.6) is 5.75 Å². The Balaban J connectivity index is 1.41. The van der Waals surface area contributed by atoms with E-state index >= 15 is 0 Å². The van der Waals surface area contributed by atoms with E-state index < -0.39 is 6.10 Å². The lowest BCUT2D eigenvalue weighted by atomic mass is 9.89. The normalized spacial score (nSPS) is 15.8. The zero-order valence-corrected chi connectivity index (χ0v) is 18.8. The highest BCUT2D eigenvalue weighted by Gasteiger charge is 2.24. The van der Waals surface area contributed by atoms with Crippen LogP contribution >= 0.6 is 0 Å². The fourth-order valence-corrected chi connectivity index (χ4v) is 3.79. The van der Waals surface area contributed by atoms with Crippen LogP contribution in [0.15, 0.2) is 59.7 Å². The maximum Gasteiger partial charge on any atom is 0.350 e. The van der Waals surface area contributed by atoms with Crippen molar-refractivity contribution >= 4 is 11.4 Å². The Kier molecular flexibility index (Phi) is 5.97. The largest absolute Gasteiger partial charge is 0.508 e. The average Bonchev–Trinajstić information content (AvgIpc) is 3.14. The van der Waals surface area contributed by atoms with Crippen LogP contribution in [-0.2, 0) is 6.54 Å². The molecule has 32 heavy (non-hydrogen) atoms. The van der Waals surface area contributed by atoms with Crippen molar-refractivity contribution in [2.45, 2.75) is 33.4 Å². The molecule has 0 spiro atoms. The van der Waals surface area contributed by atoms with Crippen LogP contribution in [-0.4, -0.2) is 56.8 Å². The summed E-state index contributed by atoms with van der Waals surface area (Å²) in [5.41, 5.74) is 2.35. The van der Waals surface area contributed by atoms with E-state index in [0.717, 1.165) is 37.6 Å². The highest BCUT2D eigenvalue weighted by atomic mass is 16.3. The van der Waals surface area contributed by atoms with Crippen LogP contribution in [0.2, 0.25) is 0 Å². The Morgan fingerprint density at radius 3 is 1.84 bits per heavy atom. The number of nitrogens with zero attached hydrogens (tertiary/aromatic N) is 5. The van der Waals surface area contributed by atoms with E-state index in [0.29, 0.717) is 5.69 Å². The second kappa shape index (κ2) is 8.70. The van der Waals surface area contributed by atoms with Crippen molar-refractivity contribution in [3.63, 3.8) is 0 Å². The minimum absolute atomic E-state index is 0.214. The maximum atomic E-state index is 12.7. The van der Waals surface area contributed by atoms with Crippen molar-refractivity contribution in [3.05, 3.63) is 65.3 Å². The van der Waals surface area contributed by atoms with E-state index in [-0.39, 0.29) is 23.4 Å². The van der Waals surface area contributed by atoms with Crippen molar-refractivity contribution in [2.24, 2.45) is 5.41 Å². The summed E-state index contributed by atoms with van der Waals surface area (Å²) in [6.07, 6.45) is 0.841. The lowest BCUT2D eigenvalue weighted by molar-refractivity contribution is 0.0472. The molecule has 1 aromatic heterocycles. The molecule has 8 heteroatoms. The summed E-state index contributed by atoms with van der Waals surface area (Å²) in [5.74, 6) is 0.279. The fourth-order valence-electron chi connectivity index (χ4n) is 3.79. The minimum Gasteiger partial charge on any atom is -0.508 e. The third-order valence-electron chi connectivity index (χ3n) is 6.06. The highest BCUT2D eigenvalue weighted by molar-refractivity contribution is 5.54. The molecule has 4 rings (SSSR count). The molecule has 0 bridgehead atoms. The number of phenolic OH excluding ortho intramolecular Hbond substituents is 1. The molecule has 170 valence electrons. The number of aliphatic hydroxyl groups excluding tert-OH is 1. The molecule has 1 saturated heterocycles. The zero-order valence-electron chi connectivity index (χ0n) is 18.8. The van der Waals surface area contributed by atoms with Crippen molar-refractivity contribution in [1.82, 2.24) is 14.3 Å². The number of hydrogen-bond acceptors (Lipinski definition) is 6. The zero-order chi connectivity index (χ0) is 22.9. The Bertz CT molecular complexity index is 1090. The number of rotatable bonds is 5. The number of piperazine rings is 1. The molecule has 8 nitrogen and oxygen atoms in total. The number of hydrogen-bond donors (Lipinski definition) is 2. The molecule has 1 atom stereocenters. The Morgan fingerprint density at radius 1 is 0.875 bits per heavy atom. The Morgan fingerprint density at radius 2 is 1.34 bits per heavy atom. The molecule has 2 aromatic carbocycles. The lowest BCUT2D eigenvalue weighted by Gasteiger charge is -2.37. The third kappa shape index (κ3) is 4.65. The van der Waals surface area contributed by atoms with Gasteiger partial charge in [0, 0.05) is 37.6 Å². The first kappa shape index (κ1) is 22.0. The van der Waals surface area contributed by atoms with Crippen molar-refractivity contribution in [3.8, 4) is 11.4 Å². The maximum absolute atomic E-state index is 12.7. The van der Waals surface area contributed by atoms with E-state index in [2.05, 4.69) is 14.9 Å². The van der Waals surface area contributed by atoms with Gasteiger partial charge in [-0.1, -0.05) is 20.8 Å². The Labute approximate surface area is 187 Å².